The van der Waals surface area contributed by atoms with E-state index >= 15 is 0 Å². The normalized spacial score (nSPS) is 17.0. The molecule has 4 aliphatic rings. The Balaban J connectivity index is 0.000000169. The maximum Gasteiger partial charge on any atom is 0.376 e. The lowest BCUT2D eigenvalue weighted by Gasteiger charge is -2.31. The van der Waals surface area contributed by atoms with Crippen molar-refractivity contribution >= 4 is 36.0 Å². The summed E-state index contributed by atoms with van der Waals surface area (Å²) >= 11 is 0. The summed E-state index contributed by atoms with van der Waals surface area (Å²) in [5, 5.41) is 33.0. The van der Waals surface area contributed by atoms with E-state index in [9.17, 15) is 24.5 Å². The van der Waals surface area contributed by atoms with Gasteiger partial charge in [-0.25, -0.2) is 9.36 Å². The first-order chi connectivity index (χ1) is 32.2. The number of amides is 2. The monoisotopic (exact) mass is 904 g/mol. The summed E-state index contributed by atoms with van der Waals surface area (Å²) in [7, 11) is 6.62. The van der Waals surface area contributed by atoms with Crippen LogP contribution in [0.4, 0.5) is 11.4 Å². The van der Waals surface area contributed by atoms with E-state index in [1.807, 2.05) is 91.7 Å². The van der Waals surface area contributed by atoms with Gasteiger partial charge in [-0.1, -0.05) is 24.3 Å². The van der Waals surface area contributed by atoms with E-state index in [2.05, 4.69) is 39.8 Å². The number of nitrogens with one attached hydrogen (secondary N) is 1. The SMILES string of the molecule is CNC1(c2ccc(N3CCc4c(C(C)=O)nn(-c5ccc(OC)cc5)c4C3=O)cc2)CC1.COc1ccc(-n2nc(C(C)O)c3c2C(=O)N(c2ccc(C4(N(C)B(C)O)CC4)cc2)CC3)cc1. The van der Waals surface area contributed by atoms with Gasteiger partial charge in [-0.3, -0.25) is 14.4 Å². The van der Waals surface area contributed by atoms with E-state index < -0.39 is 13.2 Å². The summed E-state index contributed by atoms with van der Waals surface area (Å²) < 4.78 is 13.7. The number of methoxy groups -OCH3 is 2. The second-order valence-electron chi connectivity index (χ2n) is 18.0. The number of aromatic nitrogens is 4. The average Bonchev–Trinajstić information content (AvgIpc) is 4.26. The van der Waals surface area contributed by atoms with Gasteiger partial charge >= 0.3 is 7.05 Å². The number of fused-ring (bicyclic) bond motifs is 2. The summed E-state index contributed by atoms with van der Waals surface area (Å²) in [6.45, 7) is 5.97. The minimum Gasteiger partial charge on any atom is -0.497 e. The third-order valence-corrected chi connectivity index (χ3v) is 14.1. The van der Waals surface area contributed by atoms with Crippen molar-refractivity contribution in [1.82, 2.24) is 29.7 Å². The molecular weight excluding hydrogens is 847 g/mol. The Morgan fingerprint density at radius 3 is 1.58 bits per heavy atom. The molecule has 2 aromatic heterocycles. The van der Waals surface area contributed by atoms with Crippen molar-refractivity contribution in [3.8, 4) is 22.9 Å². The number of aliphatic hydroxyl groups is 1. The molecule has 15 nitrogen and oxygen atoms in total. The Kier molecular flexibility index (Phi) is 12.2. The van der Waals surface area contributed by atoms with E-state index in [1.54, 1.807) is 47.1 Å². The number of ether oxygens (including phenoxy) is 2. The van der Waals surface area contributed by atoms with Crippen molar-refractivity contribution in [2.75, 3.05) is 51.2 Å². The molecular formula is C51H57BN8O7. The summed E-state index contributed by atoms with van der Waals surface area (Å²) in [6.07, 6.45) is 4.67. The highest BCUT2D eigenvalue weighted by atomic mass is 16.5. The fourth-order valence-corrected chi connectivity index (χ4v) is 9.72. The number of aliphatic hydroxyl groups excluding tert-OH is 1. The fraction of sp³-hybridized carbons (Fsp3) is 0.353. The molecule has 2 aliphatic carbocycles. The summed E-state index contributed by atoms with van der Waals surface area (Å²) in [5.74, 6) is 1.000. The van der Waals surface area contributed by atoms with Gasteiger partial charge in [0.15, 0.2) is 5.78 Å². The minimum absolute atomic E-state index is 0.0843. The van der Waals surface area contributed by atoms with Gasteiger partial charge in [0.1, 0.15) is 28.6 Å². The number of carbonyl (C=O) groups is 3. The zero-order valence-electron chi connectivity index (χ0n) is 39.1. The number of nitrogens with zero attached hydrogens (tertiary/aromatic N) is 7. The molecule has 0 spiro atoms. The first-order valence-corrected chi connectivity index (χ1v) is 22.9. The Hall–Kier alpha value is -6.59. The summed E-state index contributed by atoms with van der Waals surface area (Å²) in [4.78, 5) is 45.2. The molecule has 2 amide bonds. The third kappa shape index (κ3) is 8.21. The van der Waals surface area contributed by atoms with E-state index in [-0.39, 0.29) is 28.7 Å². The topological polar surface area (TPSA) is 168 Å². The molecule has 4 aromatic carbocycles. The zero-order valence-corrected chi connectivity index (χ0v) is 39.1. The highest BCUT2D eigenvalue weighted by Crippen LogP contribution is 2.51. The molecule has 0 saturated heterocycles. The van der Waals surface area contributed by atoms with E-state index in [1.165, 1.54) is 12.5 Å². The van der Waals surface area contributed by atoms with Crippen LogP contribution in [-0.4, -0.2) is 101 Å². The second-order valence-corrected chi connectivity index (χ2v) is 18.0. The third-order valence-electron chi connectivity index (χ3n) is 14.1. The van der Waals surface area contributed by atoms with Crippen LogP contribution in [0.15, 0.2) is 97.1 Å². The maximum atomic E-state index is 13.8. The zero-order chi connectivity index (χ0) is 47.4. The van der Waals surface area contributed by atoms with Gasteiger partial charge in [0, 0.05) is 53.6 Å². The largest absolute Gasteiger partial charge is 0.497 e. The number of rotatable bonds is 13. The summed E-state index contributed by atoms with van der Waals surface area (Å²) in [5.41, 5.74) is 8.81. The predicted molar refractivity (Wildman–Crippen MR) is 257 cm³/mol. The standard InChI is InChI=1S/C26H31BN4O4.C25H26N4O3/c1-17(32)23-22-13-16-30(19-7-5-18(6-8-19)26(14-15-26)29(3)27(2)34)25(33)24(22)31(28-23)20-9-11-21(35-4)12-10-20;1-16(30)22-21-12-15-28(18-6-4-17(5-7-18)25(26-2)13-14-25)24(31)23(21)29(27-22)19-8-10-20(32-3)11-9-19/h5-12,17,32,34H,13-16H2,1-4H3;4-11,26H,12-15H2,1-3H3. The van der Waals surface area contributed by atoms with Crippen molar-refractivity contribution in [3.05, 3.63) is 142 Å². The Morgan fingerprint density at radius 2 is 1.16 bits per heavy atom. The van der Waals surface area contributed by atoms with E-state index in [4.69, 9.17) is 9.47 Å². The number of anilines is 2. The van der Waals surface area contributed by atoms with Gasteiger partial charge in [-0.15, -0.1) is 0 Å². The highest BCUT2D eigenvalue weighted by molar-refractivity contribution is 6.45. The van der Waals surface area contributed by atoms with Crippen LogP contribution in [0.25, 0.3) is 11.4 Å². The van der Waals surface area contributed by atoms with Gasteiger partial charge in [0.05, 0.1) is 37.4 Å². The van der Waals surface area contributed by atoms with Crippen LogP contribution >= 0.6 is 0 Å². The Labute approximate surface area is 391 Å². The Bertz CT molecular complexity index is 2810. The van der Waals surface area contributed by atoms with E-state index in [0.29, 0.717) is 65.9 Å². The molecule has 346 valence electrons. The molecule has 0 bridgehead atoms. The first kappa shape index (κ1) is 45.6. The molecule has 16 heteroatoms. The van der Waals surface area contributed by atoms with Gasteiger partial charge in [0.2, 0.25) is 0 Å². The van der Waals surface area contributed by atoms with Crippen LogP contribution in [0.2, 0.25) is 6.82 Å². The van der Waals surface area contributed by atoms with E-state index in [0.717, 1.165) is 59.4 Å². The molecule has 3 N–H and O–H groups in total. The highest BCUT2D eigenvalue weighted by Gasteiger charge is 2.50. The molecule has 2 fully saturated rings. The minimum atomic E-state index is -0.775. The number of carbonyl (C=O) groups excluding carboxylic acids is 3. The molecule has 4 heterocycles. The van der Waals surface area contributed by atoms with Crippen molar-refractivity contribution in [3.63, 3.8) is 0 Å². The lowest BCUT2D eigenvalue weighted by molar-refractivity contribution is 0.0964. The Morgan fingerprint density at radius 1 is 0.716 bits per heavy atom. The van der Waals surface area contributed by atoms with Crippen molar-refractivity contribution in [2.45, 2.75) is 76.4 Å². The molecule has 1 unspecified atom stereocenters. The summed E-state index contributed by atoms with van der Waals surface area (Å²) in [6, 6.07) is 31.0. The average molecular weight is 905 g/mol. The van der Waals surface area contributed by atoms with Crippen molar-refractivity contribution in [1.29, 1.82) is 0 Å². The van der Waals surface area contributed by atoms with Crippen molar-refractivity contribution < 1.29 is 34.0 Å². The van der Waals surface area contributed by atoms with Crippen molar-refractivity contribution in [2.24, 2.45) is 0 Å². The second kappa shape index (κ2) is 17.9. The fourth-order valence-electron chi connectivity index (χ4n) is 9.72. The van der Waals surface area contributed by atoms with Gasteiger partial charge in [-0.05, 0) is 150 Å². The molecule has 6 aromatic rings. The molecule has 0 radical (unpaired) electrons. The van der Waals surface area contributed by atoms with Crippen LogP contribution in [-0.2, 0) is 23.9 Å². The number of ketones is 1. The van der Waals surface area contributed by atoms with Gasteiger partial charge in [-0.2, -0.15) is 10.2 Å². The van der Waals surface area contributed by atoms with Crippen LogP contribution in [0, 0.1) is 0 Å². The quantitative estimate of drug-likeness (QED) is 0.0838. The lowest BCUT2D eigenvalue weighted by atomic mass is 9.81. The number of Topliss-reactive ketones (excluding diaryl/α,β-unsaturated/α-hetero) is 1. The number of benzene rings is 4. The number of hydrogen-bond donors (Lipinski definition) is 3. The number of hydrogen-bond acceptors (Lipinski definition) is 11. The van der Waals surface area contributed by atoms with Gasteiger partial charge in [0.25, 0.3) is 11.8 Å². The molecule has 10 rings (SSSR count). The molecule has 1 atom stereocenters. The van der Waals surface area contributed by atoms with Gasteiger partial charge < -0.3 is 39.5 Å². The predicted octanol–water partition coefficient (Wildman–Crippen LogP) is 6.66. The van der Waals surface area contributed by atoms with Crippen LogP contribution in [0.3, 0.4) is 0 Å². The van der Waals surface area contributed by atoms with Crippen LogP contribution in [0.1, 0.15) is 105 Å². The maximum absolute atomic E-state index is 13.8. The molecule has 2 saturated carbocycles. The molecule has 2 aliphatic heterocycles. The lowest BCUT2D eigenvalue weighted by Crippen LogP contribution is -2.42. The van der Waals surface area contributed by atoms with Crippen LogP contribution < -0.4 is 24.6 Å². The smallest absolute Gasteiger partial charge is 0.376 e. The molecule has 67 heavy (non-hydrogen) atoms. The first-order valence-electron chi connectivity index (χ1n) is 22.9. The van der Waals surface area contributed by atoms with Crippen LogP contribution in [0.5, 0.6) is 11.5 Å².